The molecule has 3 aliphatic heterocycles. The van der Waals surface area contributed by atoms with Gasteiger partial charge in [-0.3, -0.25) is 9.59 Å². The number of ether oxygens (including phenoxy) is 1. The topological polar surface area (TPSA) is 75.6 Å². The summed E-state index contributed by atoms with van der Waals surface area (Å²) in [7, 11) is 0. The summed E-state index contributed by atoms with van der Waals surface area (Å²) in [5.41, 5.74) is -0.264. The minimum atomic E-state index is -0.982. The van der Waals surface area contributed by atoms with Crippen LogP contribution in [0.4, 0.5) is 8.78 Å². The number of amides is 2. The molecular weight excluding hydrogens is 406 g/mol. The van der Waals surface area contributed by atoms with E-state index in [4.69, 9.17) is 4.74 Å². The lowest BCUT2D eigenvalue weighted by Gasteiger charge is -2.37. The molecule has 3 saturated heterocycles. The first-order chi connectivity index (χ1) is 14.8. The predicted octanol–water partition coefficient (Wildman–Crippen LogP) is 3.08. The van der Waals surface area contributed by atoms with Gasteiger partial charge in [0.15, 0.2) is 5.60 Å². The summed E-state index contributed by atoms with van der Waals surface area (Å²) in [4.78, 5) is 37.1. The lowest BCUT2D eigenvalue weighted by Crippen LogP contribution is -2.52. The molecule has 0 saturated carbocycles. The molecule has 9 heteroatoms. The van der Waals surface area contributed by atoms with Gasteiger partial charge in [0.1, 0.15) is 24.1 Å². The number of hydrogen-bond acceptors (Lipinski definition) is 5. The molecule has 164 valence electrons. The zero-order chi connectivity index (χ0) is 22.2. The van der Waals surface area contributed by atoms with Crippen LogP contribution in [0.15, 0.2) is 54.5 Å². The molecule has 2 amide bonds. The minimum Gasteiger partial charge on any atom is -0.342 e. The molecule has 7 nitrogen and oxygen atoms in total. The molecule has 3 aliphatic rings. The van der Waals surface area contributed by atoms with Gasteiger partial charge in [-0.15, -0.1) is 0 Å². The standard InChI is InChI=1S/C22H24F2N4O3/c1-14(11-16(24)12-15(2)23)18-3-4-19-28(18)21(30)22(31-19)6-9-27(10-7-22)20(29)17-5-8-25-13-26-17/h5,8,11-13,18-19H,1,3-4,6-7,9-10H2,2H3/b15-12+,16-11+/t18-,19+/m0/s1. The SMILES string of the molecule is C=C(/C=C(F)\C=C(/C)F)[C@@H]1CC[C@H]2OC3(CCN(C(=O)c4ccncn4)CC3)C(=O)N21. The minimum absolute atomic E-state index is 0.152. The molecule has 0 bridgehead atoms. The molecule has 0 aliphatic carbocycles. The van der Waals surface area contributed by atoms with Crippen molar-refractivity contribution in [2.45, 2.75) is 50.5 Å². The summed E-state index contributed by atoms with van der Waals surface area (Å²) in [6.45, 7) is 5.80. The van der Waals surface area contributed by atoms with Crippen LogP contribution in [-0.2, 0) is 9.53 Å². The van der Waals surface area contributed by atoms with Crippen molar-refractivity contribution < 1.29 is 23.1 Å². The van der Waals surface area contributed by atoms with E-state index in [0.29, 0.717) is 50.0 Å². The lowest BCUT2D eigenvalue weighted by molar-refractivity contribution is -0.142. The van der Waals surface area contributed by atoms with Gasteiger partial charge in [-0.25, -0.2) is 18.7 Å². The molecule has 0 radical (unpaired) electrons. The van der Waals surface area contributed by atoms with Crippen molar-refractivity contribution in [3.8, 4) is 0 Å². The van der Waals surface area contributed by atoms with Crippen LogP contribution in [0.2, 0.25) is 0 Å². The zero-order valence-corrected chi connectivity index (χ0v) is 17.3. The van der Waals surface area contributed by atoms with E-state index in [9.17, 15) is 18.4 Å². The van der Waals surface area contributed by atoms with E-state index in [-0.39, 0.29) is 11.8 Å². The van der Waals surface area contributed by atoms with Crippen molar-refractivity contribution >= 4 is 11.8 Å². The van der Waals surface area contributed by atoms with E-state index >= 15 is 0 Å². The summed E-state index contributed by atoms with van der Waals surface area (Å²) >= 11 is 0. The van der Waals surface area contributed by atoms with E-state index in [1.165, 1.54) is 12.5 Å². The first-order valence-electron chi connectivity index (χ1n) is 10.3. The Bertz CT molecular complexity index is 951. The highest BCUT2D eigenvalue weighted by Crippen LogP contribution is 2.44. The first kappa shape index (κ1) is 21.3. The number of aromatic nitrogens is 2. The summed E-state index contributed by atoms with van der Waals surface area (Å²) in [5.74, 6) is -1.74. The Morgan fingerprint density at radius 1 is 1.29 bits per heavy atom. The van der Waals surface area contributed by atoms with Crippen LogP contribution < -0.4 is 0 Å². The van der Waals surface area contributed by atoms with Crippen LogP contribution in [0.5, 0.6) is 0 Å². The highest BCUT2D eigenvalue weighted by Gasteiger charge is 2.58. The van der Waals surface area contributed by atoms with Gasteiger partial charge < -0.3 is 14.5 Å². The van der Waals surface area contributed by atoms with Crippen molar-refractivity contribution in [3.63, 3.8) is 0 Å². The second-order valence-corrected chi connectivity index (χ2v) is 8.09. The van der Waals surface area contributed by atoms with Gasteiger partial charge in [0.2, 0.25) is 0 Å². The molecule has 3 fully saturated rings. The number of allylic oxidation sites excluding steroid dienone is 3. The van der Waals surface area contributed by atoms with Gasteiger partial charge in [-0.1, -0.05) is 6.58 Å². The van der Waals surface area contributed by atoms with Crippen molar-refractivity contribution in [1.82, 2.24) is 19.8 Å². The molecule has 4 rings (SSSR count). The maximum absolute atomic E-state index is 13.9. The van der Waals surface area contributed by atoms with Crippen molar-refractivity contribution in [3.05, 3.63) is 60.2 Å². The van der Waals surface area contributed by atoms with Crippen LogP contribution in [-0.4, -0.2) is 62.5 Å². The number of nitrogens with zero attached hydrogens (tertiary/aromatic N) is 4. The van der Waals surface area contributed by atoms with Gasteiger partial charge in [0.25, 0.3) is 11.8 Å². The predicted molar refractivity (Wildman–Crippen MR) is 108 cm³/mol. The summed E-state index contributed by atoms with van der Waals surface area (Å²) in [6.07, 6.45) is 6.37. The molecular formula is C22H24F2N4O3. The van der Waals surface area contributed by atoms with Gasteiger partial charge >= 0.3 is 0 Å². The van der Waals surface area contributed by atoms with Crippen LogP contribution in [0.3, 0.4) is 0 Å². The van der Waals surface area contributed by atoms with Crippen molar-refractivity contribution in [1.29, 1.82) is 0 Å². The number of likely N-dealkylation sites (tertiary alicyclic amines) is 1. The Hall–Kier alpha value is -2.94. The first-order valence-corrected chi connectivity index (χ1v) is 10.3. The quantitative estimate of drug-likeness (QED) is 0.687. The number of hydrogen-bond donors (Lipinski definition) is 0. The Morgan fingerprint density at radius 3 is 2.68 bits per heavy atom. The Kier molecular flexibility index (Phi) is 5.70. The number of fused-ring (bicyclic) bond motifs is 1. The summed E-state index contributed by atoms with van der Waals surface area (Å²) in [5, 5.41) is 0. The van der Waals surface area contributed by atoms with E-state index in [2.05, 4.69) is 16.5 Å². The number of rotatable bonds is 4. The van der Waals surface area contributed by atoms with Gasteiger partial charge in [0.05, 0.1) is 11.9 Å². The molecule has 0 unspecified atom stereocenters. The molecule has 1 spiro atoms. The highest BCUT2D eigenvalue weighted by atomic mass is 19.1. The van der Waals surface area contributed by atoms with E-state index in [0.717, 1.165) is 19.1 Å². The third-order valence-corrected chi connectivity index (χ3v) is 6.07. The van der Waals surface area contributed by atoms with Crippen molar-refractivity contribution in [2.75, 3.05) is 13.1 Å². The van der Waals surface area contributed by atoms with Crippen LogP contribution in [0.25, 0.3) is 0 Å². The number of halogens is 2. The van der Waals surface area contributed by atoms with E-state index < -0.39 is 29.5 Å². The molecule has 4 heterocycles. The second kappa shape index (κ2) is 8.30. The fourth-order valence-electron chi connectivity index (χ4n) is 4.56. The van der Waals surface area contributed by atoms with Crippen LogP contribution >= 0.6 is 0 Å². The molecule has 1 aromatic heterocycles. The Balaban J connectivity index is 1.44. The molecule has 0 N–H and O–H groups in total. The van der Waals surface area contributed by atoms with Crippen LogP contribution in [0.1, 0.15) is 43.1 Å². The monoisotopic (exact) mass is 430 g/mol. The number of carbonyl (C=O) groups is 2. The summed E-state index contributed by atoms with van der Waals surface area (Å²) < 4.78 is 33.0. The van der Waals surface area contributed by atoms with Gasteiger partial charge in [-0.05, 0) is 37.5 Å². The maximum atomic E-state index is 13.9. The average molecular weight is 430 g/mol. The molecule has 1 aromatic rings. The van der Waals surface area contributed by atoms with E-state index in [1.54, 1.807) is 15.9 Å². The smallest absolute Gasteiger partial charge is 0.272 e. The normalized spacial score (nSPS) is 25.8. The molecule has 2 atom stereocenters. The highest BCUT2D eigenvalue weighted by molar-refractivity contribution is 5.93. The lowest BCUT2D eigenvalue weighted by atomic mass is 9.89. The second-order valence-electron chi connectivity index (χ2n) is 8.09. The Morgan fingerprint density at radius 2 is 2.03 bits per heavy atom. The maximum Gasteiger partial charge on any atom is 0.272 e. The van der Waals surface area contributed by atoms with Gasteiger partial charge in [0, 0.05) is 38.2 Å². The van der Waals surface area contributed by atoms with E-state index in [1.807, 2.05) is 0 Å². The fourth-order valence-corrected chi connectivity index (χ4v) is 4.56. The fraction of sp³-hybridized carbons (Fsp3) is 0.455. The third-order valence-electron chi connectivity index (χ3n) is 6.07. The van der Waals surface area contributed by atoms with Gasteiger partial charge in [-0.2, -0.15) is 0 Å². The zero-order valence-electron chi connectivity index (χ0n) is 17.3. The van der Waals surface area contributed by atoms with Crippen molar-refractivity contribution in [2.24, 2.45) is 0 Å². The number of piperidine rings is 1. The largest absolute Gasteiger partial charge is 0.342 e. The summed E-state index contributed by atoms with van der Waals surface area (Å²) in [6, 6.07) is 1.17. The average Bonchev–Trinajstić information content (AvgIpc) is 3.26. The molecule has 0 aromatic carbocycles. The van der Waals surface area contributed by atoms with Crippen LogP contribution in [0, 0.1) is 0 Å². The number of carbonyl (C=O) groups excluding carboxylic acids is 2. The Labute approximate surface area is 179 Å². The third kappa shape index (κ3) is 4.01. The molecule has 31 heavy (non-hydrogen) atoms.